The van der Waals surface area contributed by atoms with E-state index in [1.165, 1.54) is 0 Å². The molecule has 3 aromatic heterocycles. The Hall–Kier alpha value is -3.29. The highest BCUT2D eigenvalue weighted by atomic mass is 35.5. The minimum atomic E-state index is -4.33. The lowest BCUT2D eigenvalue weighted by atomic mass is 9.85. The van der Waals surface area contributed by atoms with Crippen molar-refractivity contribution in [3.8, 4) is 11.4 Å². The van der Waals surface area contributed by atoms with Gasteiger partial charge in [0.15, 0.2) is 5.70 Å². The fraction of sp³-hybridized carbons (Fsp3) is 0. The fourth-order valence-corrected chi connectivity index (χ4v) is 5.23. The highest BCUT2D eigenvalue weighted by molar-refractivity contribution is 6.61. The Balaban J connectivity index is 1.77. The molecular formula is C23H15BCl2F2N4. The van der Waals surface area contributed by atoms with Crippen LogP contribution in [0.15, 0.2) is 89.9 Å². The molecule has 2 aliphatic heterocycles. The Bertz CT molecular complexity index is 1450. The van der Waals surface area contributed by atoms with Gasteiger partial charge in [0.1, 0.15) is 10.7 Å². The molecule has 5 heterocycles. The van der Waals surface area contributed by atoms with E-state index in [9.17, 15) is 0 Å². The number of nitrogens with one attached hydrogen (secondary N) is 2. The zero-order valence-corrected chi connectivity index (χ0v) is 18.0. The third-order valence-corrected chi connectivity index (χ3v) is 6.46. The van der Waals surface area contributed by atoms with Crippen molar-refractivity contribution in [2.45, 2.75) is 0 Å². The van der Waals surface area contributed by atoms with Crippen LogP contribution in [0.25, 0.3) is 17.0 Å². The number of nitrogens with zero attached hydrogens (tertiary/aromatic N) is 2. The van der Waals surface area contributed by atoms with Crippen LogP contribution in [0.1, 0.15) is 17.0 Å². The van der Waals surface area contributed by atoms with Gasteiger partial charge in [-0.2, -0.15) is 0 Å². The lowest BCUT2D eigenvalue weighted by Gasteiger charge is -2.33. The Morgan fingerprint density at radius 3 is 2.22 bits per heavy atom. The molecule has 0 fully saturated rings. The summed E-state index contributed by atoms with van der Waals surface area (Å²) in [6.45, 7) is -4.33. The molecule has 0 bridgehead atoms. The second-order valence-electron chi connectivity index (χ2n) is 7.69. The Morgan fingerprint density at radius 2 is 1.56 bits per heavy atom. The number of halogens is 4. The largest absolute Gasteiger partial charge is 0.738 e. The minimum Gasteiger partial charge on any atom is -0.389 e. The molecule has 0 atom stereocenters. The average molecular weight is 467 g/mol. The first-order valence-electron chi connectivity index (χ1n) is 10.0. The Kier molecular flexibility index (Phi) is 4.16. The Labute approximate surface area is 192 Å². The molecule has 0 radical (unpaired) electrons. The summed E-state index contributed by atoms with van der Waals surface area (Å²) in [5.41, 5.74) is 3.61. The molecule has 158 valence electrons. The zero-order valence-electron chi connectivity index (χ0n) is 16.5. The minimum absolute atomic E-state index is 0.234. The van der Waals surface area contributed by atoms with Crippen LogP contribution in [0.3, 0.4) is 0 Å². The van der Waals surface area contributed by atoms with Crippen LogP contribution in [-0.2, 0) is 0 Å². The molecule has 0 aliphatic carbocycles. The number of benzene rings is 1. The van der Waals surface area contributed by atoms with Crippen molar-refractivity contribution < 1.29 is 13.1 Å². The summed E-state index contributed by atoms with van der Waals surface area (Å²) in [6, 6.07) is 18.0. The third-order valence-electron chi connectivity index (χ3n) is 5.88. The summed E-state index contributed by atoms with van der Waals surface area (Å²) in [4.78, 5) is 6.03. The van der Waals surface area contributed by atoms with E-state index in [0.717, 1.165) is 14.5 Å². The number of fused-ring (bicyclic) bond motifs is 2. The maximum atomic E-state index is 16.4. The van der Waals surface area contributed by atoms with E-state index in [1.807, 2.05) is 30.3 Å². The van der Waals surface area contributed by atoms with Crippen molar-refractivity contribution in [3.63, 3.8) is 0 Å². The Morgan fingerprint density at radius 1 is 0.875 bits per heavy atom. The second-order valence-corrected chi connectivity index (χ2v) is 8.50. The normalized spacial score (nSPS) is 16.9. The van der Waals surface area contributed by atoms with E-state index in [1.54, 1.807) is 48.8 Å². The van der Waals surface area contributed by atoms with E-state index in [2.05, 4.69) is 9.97 Å². The molecule has 0 spiro atoms. The first-order valence-corrected chi connectivity index (χ1v) is 10.8. The van der Waals surface area contributed by atoms with Crippen LogP contribution in [0.4, 0.5) is 8.63 Å². The molecule has 2 N–H and O–H groups in total. The summed E-state index contributed by atoms with van der Waals surface area (Å²) in [7, 11) is 0. The first kappa shape index (κ1) is 19.4. The van der Waals surface area contributed by atoms with Crippen molar-refractivity contribution in [1.29, 1.82) is 0 Å². The highest BCUT2D eigenvalue weighted by Gasteiger charge is 2.56. The van der Waals surface area contributed by atoms with Crippen LogP contribution in [0.2, 0.25) is 5.02 Å². The van der Waals surface area contributed by atoms with E-state index in [4.69, 9.17) is 23.2 Å². The van der Waals surface area contributed by atoms with Gasteiger partial charge in [0, 0.05) is 24.2 Å². The van der Waals surface area contributed by atoms with Crippen molar-refractivity contribution in [2.75, 3.05) is 0 Å². The van der Waals surface area contributed by atoms with Crippen LogP contribution in [0.5, 0.6) is 0 Å². The monoisotopic (exact) mass is 466 g/mol. The highest BCUT2D eigenvalue weighted by Crippen LogP contribution is 2.46. The van der Waals surface area contributed by atoms with E-state index >= 15 is 8.63 Å². The topological polar surface area (TPSA) is 39.5 Å². The number of hydrogen-bond acceptors (Lipinski definition) is 0. The van der Waals surface area contributed by atoms with Gasteiger partial charge in [0.05, 0.1) is 22.0 Å². The predicted molar refractivity (Wildman–Crippen MR) is 124 cm³/mol. The van der Waals surface area contributed by atoms with Gasteiger partial charge in [-0.1, -0.05) is 53.5 Å². The molecule has 9 heteroatoms. The predicted octanol–water partition coefficient (Wildman–Crippen LogP) is 6.10. The van der Waals surface area contributed by atoms with Crippen molar-refractivity contribution in [3.05, 3.63) is 112 Å². The molecule has 0 amide bonds. The fourth-order valence-electron chi connectivity index (χ4n) is 4.64. The number of aromatic amines is 2. The van der Waals surface area contributed by atoms with Crippen LogP contribution < -0.4 is 0 Å². The SMILES string of the molecule is F[B-]1(F)n2c(cc(Cl)c2-c2ccc[nH]2)C(c2ccccc2)=C2C=C(Cl)C(c3ccc[nH]3)=[N+]21. The van der Waals surface area contributed by atoms with Gasteiger partial charge in [-0.3, -0.25) is 0 Å². The molecular weight excluding hydrogens is 452 g/mol. The van der Waals surface area contributed by atoms with E-state index < -0.39 is 6.97 Å². The summed E-state index contributed by atoms with van der Waals surface area (Å²) in [5, 5.41) is 0.492. The van der Waals surface area contributed by atoms with Crippen LogP contribution in [0, 0.1) is 0 Å². The molecule has 32 heavy (non-hydrogen) atoms. The summed E-state index contributed by atoms with van der Waals surface area (Å²) < 4.78 is 35.0. The number of rotatable bonds is 3. The molecule has 6 rings (SSSR count). The summed E-state index contributed by atoms with van der Waals surface area (Å²) in [6.07, 6.45) is 4.97. The van der Waals surface area contributed by atoms with Gasteiger partial charge < -0.3 is 27.6 Å². The molecule has 0 saturated carbocycles. The molecule has 4 nitrogen and oxygen atoms in total. The van der Waals surface area contributed by atoms with Gasteiger partial charge >= 0.3 is 6.97 Å². The summed E-state index contributed by atoms with van der Waals surface area (Å²) >= 11 is 13.1. The maximum Gasteiger partial charge on any atom is 0.738 e. The maximum absolute atomic E-state index is 16.4. The molecule has 4 aromatic rings. The molecule has 1 aromatic carbocycles. The van der Waals surface area contributed by atoms with Crippen molar-refractivity contribution >= 4 is 41.5 Å². The van der Waals surface area contributed by atoms with Gasteiger partial charge in [-0.15, -0.1) is 0 Å². The quantitative estimate of drug-likeness (QED) is 0.342. The summed E-state index contributed by atoms with van der Waals surface area (Å²) in [5.74, 6) is 0. The van der Waals surface area contributed by atoms with E-state index in [0.29, 0.717) is 28.4 Å². The third kappa shape index (κ3) is 2.58. The van der Waals surface area contributed by atoms with Crippen LogP contribution in [-0.4, -0.2) is 31.6 Å². The molecule has 0 saturated heterocycles. The molecule has 0 unspecified atom stereocenters. The molecule has 2 aliphatic rings. The lowest BCUT2D eigenvalue weighted by molar-refractivity contribution is -0.360. The number of H-pyrrole nitrogens is 2. The average Bonchev–Trinajstić information content (AvgIpc) is 3.54. The zero-order chi connectivity index (χ0) is 22.0. The van der Waals surface area contributed by atoms with Crippen molar-refractivity contribution in [2.24, 2.45) is 0 Å². The van der Waals surface area contributed by atoms with Crippen molar-refractivity contribution in [1.82, 2.24) is 14.4 Å². The van der Waals surface area contributed by atoms with Gasteiger partial charge in [0.2, 0.25) is 5.71 Å². The standard InChI is InChI=1S/C23H15BCl2F2N4/c25-15-12-19-21(14-6-2-1-3-7-14)20-13-16(26)23(18-9-5-11-30-18)32(20)24(27,28)31(19)22(15)17-8-4-10-29-17/h1-13,29-30H. The van der Waals surface area contributed by atoms with Gasteiger partial charge in [0.25, 0.3) is 0 Å². The van der Waals surface area contributed by atoms with Gasteiger partial charge in [-0.05, 0) is 35.9 Å². The van der Waals surface area contributed by atoms with E-state index in [-0.39, 0.29) is 21.5 Å². The number of hydrogen-bond donors (Lipinski definition) is 2. The van der Waals surface area contributed by atoms with Gasteiger partial charge in [-0.25, -0.2) is 0 Å². The lowest BCUT2D eigenvalue weighted by Crippen LogP contribution is -2.51. The smallest absolute Gasteiger partial charge is 0.389 e. The first-order chi connectivity index (χ1) is 15.5. The number of allylic oxidation sites excluding steroid dienone is 2. The number of aromatic nitrogens is 3. The van der Waals surface area contributed by atoms with Crippen LogP contribution >= 0.6 is 23.2 Å². The second kappa shape index (κ2) is 6.86.